The number of hydrogen-bond acceptors (Lipinski definition) is 3. The second-order valence-electron chi connectivity index (χ2n) is 4.87. The molecule has 0 saturated carbocycles. The Balaban J connectivity index is 2.21. The molecule has 0 aliphatic carbocycles. The van der Waals surface area contributed by atoms with Gasteiger partial charge in [0.15, 0.2) is 0 Å². The first-order chi connectivity index (χ1) is 9.00. The molecule has 0 aromatic heterocycles. The molecule has 108 valence electrons. The normalized spacial score (nSPS) is 19.0. The number of aliphatic carboxylic acids is 1. The molecule has 6 nitrogen and oxygen atoms in total. The highest BCUT2D eigenvalue weighted by atomic mass is 16.5. The lowest BCUT2D eigenvalue weighted by Gasteiger charge is -2.30. The van der Waals surface area contributed by atoms with Crippen LogP contribution in [0.3, 0.4) is 0 Å². The fourth-order valence-electron chi connectivity index (χ4n) is 1.95. The molecule has 1 atom stereocenters. The smallest absolute Gasteiger partial charge is 0.317 e. The van der Waals surface area contributed by atoms with E-state index >= 15 is 0 Å². The largest absolute Gasteiger partial charge is 0.481 e. The van der Waals surface area contributed by atoms with Gasteiger partial charge in [-0.05, 0) is 19.8 Å². The fraction of sp³-hybridized carbons (Fsp3) is 0.692. The lowest BCUT2D eigenvalue weighted by Crippen LogP contribution is -2.47. The summed E-state index contributed by atoms with van der Waals surface area (Å²) in [7, 11) is 0. The van der Waals surface area contributed by atoms with Gasteiger partial charge >= 0.3 is 12.0 Å². The topological polar surface area (TPSA) is 78.9 Å². The number of nitrogens with one attached hydrogen (secondary N) is 1. The Morgan fingerprint density at radius 2 is 2.26 bits per heavy atom. The van der Waals surface area contributed by atoms with Crippen LogP contribution in [-0.4, -0.2) is 54.9 Å². The third-order valence-corrected chi connectivity index (χ3v) is 2.93. The zero-order valence-electron chi connectivity index (χ0n) is 11.4. The molecular formula is C13H22N2O4. The molecule has 2 amide bonds. The summed E-state index contributed by atoms with van der Waals surface area (Å²) in [4.78, 5) is 24.3. The van der Waals surface area contributed by atoms with Crippen LogP contribution < -0.4 is 5.32 Å². The number of likely N-dealkylation sites (tertiary alicyclic amines) is 1. The van der Waals surface area contributed by atoms with Crippen molar-refractivity contribution in [3.8, 4) is 0 Å². The van der Waals surface area contributed by atoms with E-state index < -0.39 is 11.9 Å². The molecule has 0 radical (unpaired) electrons. The van der Waals surface area contributed by atoms with Gasteiger partial charge in [-0.25, -0.2) is 4.79 Å². The lowest BCUT2D eigenvalue weighted by molar-refractivity contribution is -0.143. The average Bonchev–Trinajstić information content (AvgIpc) is 2.37. The van der Waals surface area contributed by atoms with Gasteiger partial charge in [-0.15, -0.1) is 0 Å². The number of urea groups is 1. The van der Waals surface area contributed by atoms with Crippen molar-refractivity contribution in [2.75, 3.05) is 32.8 Å². The summed E-state index contributed by atoms with van der Waals surface area (Å²) in [5, 5.41) is 11.7. The van der Waals surface area contributed by atoms with Gasteiger partial charge in [-0.1, -0.05) is 12.2 Å². The zero-order valence-corrected chi connectivity index (χ0v) is 11.4. The van der Waals surface area contributed by atoms with Gasteiger partial charge in [0.1, 0.15) is 0 Å². The van der Waals surface area contributed by atoms with Crippen molar-refractivity contribution in [2.24, 2.45) is 5.92 Å². The second kappa shape index (κ2) is 7.78. The number of carboxylic acids is 1. The van der Waals surface area contributed by atoms with E-state index in [1.165, 1.54) is 0 Å². The highest BCUT2D eigenvalue weighted by Crippen LogP contribution is 2.16. The van der Waals surface area contributed by atoms with E-state index in [-0.39, 0.29) is 12.6 Å². The number of piperidine rings is 1. The summed E-state index contributed by atoms with van der Waals surface area (Å²) in [6.07, 6.45) is 1.37. The molecule has 2 N–H and O–H groups in total. The van der Waals surface area contributed by atoms with E-state index in [2.05, 4.69) is 11.9 Å². The van der Waals surface area contributed by atoms with Gasteiger partial charge in [0.05, 0.1) is 19.1 Å². The Labute approximate surface area is 113 Å². The second-order valence-corrected chi connectivity index (χ2v) is 4.87. The van der Waals surface area contributed by atoms with E-state index in [1.54, 1.807) is 4.90 Å². The Bertz CT molecular complexity index is 344. The van der Waals surface area contributed by atoms with Crippen molar-refractivity contribution in [3.63, 3.8) is 0 Å². The molecule has 0 spiro atoms. The van der Waals surface area contributed by atoms with Crippen LogP contribution in [0, 0.1) is 5.92 Å². The van der Waals surface area contributed by atoms with Gasteiger partial charge in [-0.3, -0.25) is 4.79 Å². The lowest BCUT2D eigenvalue weighted by atomic mass is 9.99. The molecule has 0 bridgehead atoms. The minimum absolute atomic E-state index is 0.218. The summed E-state index contributed by atoms with van der Waals surface area (Å²) in [5.74, 6) is -1.28. The number of carbonyl (C=O) groups excluding carboxylic acids is 1. The molecule has 1 saturated heterocycles. The molecule has 1 rings (SSSR count). The van der Waals surface area contributed by atoms with Gasteiger partial charge < -0.3 is 20.1 Å². The minimum Gasteiger partial charge on any atom is -0.481 e. The van der Waals surface area contributed by atoms with Crippen LogP contribution in [0.15, 0.2) is 12.2 Å². The van der Waals surface area contributed by atoms with Crippen molar-refractivity contribution in [1.29, 1.82) is 0 Å². The Kier molecular flexibility index (Phi) is 6.35. The molecule has 1 fully saturated rings. The number of amides is 2. The highest BCUT2D eigenvalue weighted by Gasteiger charge is 2.27. The molecule has 0 aromatic rings. The summed E-state index contributed by atoms with van der Waals surface area (Å²) >= 11 is 0. The predicted molar refractivity (Wildman–Crippen MR) is 71.0 cm³/mol. The maximum absolute atomic E-state index is 11.8. The maximum atomic E-state index is 11.8. The Morgan fingerprint density at radius 1 is 1.53 bits per heavy atom. The highest BCUT2D eigenvalue weighted by molar-refractivity contribution is 5.76. The number of carboxylic acid groups (broad SMARTS) is 1. The Hall–Kier alpha value is -1.56. The molecule has 1 heterocycles. The Morgan fingerprint density at radius 3 is 2.89 bits per heavy atom. The van der Waals surface area contributed by atoms with Crippen LogP contribution in [-0.2, 0) is 9.53 Å². The van der Waals surface area contributed by atoms with Crippen molar-refractivity contribution < 1.29 is 19.4 Å². The minimum atomic E-state index is -0.831. The zero-order chi connectivity index (χ0) is 14.3. The first kappa shape index (κ1) is 15.5. The van der Waals surface area contributed by atoms with Crippen LogP contribution >= 0.6 is 0 Å². The number of rotatable bonds is 6. The molecular weight excluding hydrogens is 248 g/mol. The van der Waals surface area contributed by atoms with Crippen molar-refractivity contribution in [1.82, 2.24) is 10.2 Å². The summed E-state index contributed by atoms with van der Waals surface area (Å²) in [5.41, 5.74) is 0.937. The fourth-order valence-corrected chi connectivity index (χ4v) is 1.95. The van der Waals surface area contributed by atoms with Crippen molar-refractivity contribution >= 4 is 12.0 Å². The van der Waals surface area contributed by atoms with E-state index in [0.717, 1.165) is 12.0 Å². The molecule has 1 aliphatic rings. The number of hydrogen-bond donors (Lipinski definition) is 2. The number of nitrogens with zero attached hydrogens (tertiary/aromatic N) is 1. The third-order valence-electron chi connectivity index (χ3n) is 2.93. The first-order valence-electron chi connectivity index (χ1n) is 6.48. The van der Waals surface area contributed by atoms with Gasteiger partial charge in [0, 0.05) is 19.6 Å². The van der Waals surface area contributed by atoms with Crippen LogP contribution in [0.2, 0.25) is 0 Å². The summed E-state index contributed by atoms with van der Waals surface area (Å²) < 4.78 is 5.27. The van der Waals surface area contributed by atoms with Crippen molar-refractivity contribution in [2.45, 2.75) is 19.8 Å². The van der Waals surface area contributed by atoms with E-state index in [1.807, 2.05) is 6.92 Å². The average molecular weight is 270 g/mol. The summed E-state index contributed by atoms with van der Waals surface area (Å²) in [6.45, 7) is 7.81. The van der Waals surface area contributed by atoms with E-state index in [9.17, 15) is 9.59 Å². The molecule has 1 unspecified atom stereocenters. The monoisotopic (exact) mass is 270 g/mol. The van der Waals surface area contributed by atoms with E-state index in [0.29, 0.717) is 32.7 Å². The van der Waals surface area contributed by atoms with Gasteiger partial charge in [-0.2, -0.15) is 0 Å². The van der Waals surface area contributed by atoms with Crippen molar-refractivity contribution in [3.05, 3.63) is 12.2 Å². The van der Waals surface area contributed by atoms with Crippen LogP contribution in [0.4, 0.5) is 4.79 Å². The van der Waals surface area contributed by atoms with Crippen LogP contribution in [0.1, 0.15) is 19.8 Å². The standard InChI is InChI=1S/C13H22N2O4/c1-10(2)9-19-7-5-14-13(18)15-6-3-4-11(8-15)12(16)17/h11H,1,3-9H2,2H3,(H,14,18)(H,16,17). The SMILES string of the molecule is C=C(C)COCCNC(=O)N1CCCC(C(=O)O)C1. The number of carbonyl (C=O) groups is 2. The van der Waals surface area contributed by atoms with Crippen LogP contribution in [0.5, 0.6) is 0 Å². The maximum Gasteiger partial charge on any atom is 0.317 e. The predicted octanol–water partition coefficient (Wildman–Crippen LogP) is 1.09. The molecule has 19 heavy (non-hydrogen) atoms. The third kappa shape index (κ3) is 5.74. The van der Waals surface area contributed by atoms with E-state index in [4.69, 9.17) is 9.84 Å². The van der Waals surface area contributed by atoms with Crippen LogP contribution in [0.25, 0.3) is 0 Å². The molecule has 6 heteroatoms. The quantitative estimate of drug-likeness (QED) is 0.559. The van der Waals surface area contributed by atoms with Gasteiger partial charge in [0.2, 0.25) is 0 Å². The van der Waals surface area contributed by atoms with Gasteiger partial charge in [0.25, 0.3) is 0 Å². The summed E-state index contributed by atoms with van der Waals surface area (Å²) in [6, 6.07) is -0.218. The first-order valence-corrected chi connectivity index (χ1v) is 6.48. The molecule has 1 aliphatic heterocycles. The number of ether oxygens (including phenoxy) is 1. The molecule has 0 aromatic carbocycles.